The predicted molar refractivity (Wildman–Crippen MR) is 106 cm³/mol. The largest absolute Gasteiger partial charge is 0.493 e. The fourth-order valence-electron chi connectivity index (χ4n) is 2.63. The molecule has 0 fully saturated rings. The fraction of sp³-hybridized carbons (Fsp3) is 0.278. The number of fused-ring (bicyclic) bond motifs is 1. The van der Waals surface area contributed by atoms with Gasteiger partial charge in [0.25, 0.3) is 0 Å². The molecule has 0 amide bonds. The van der Waals surface area contributed by atoms with Crippen LogP contribution in [0.5, 0.6) is 17.2 Å². The number of hydrogen-bond donors (Lipinski definition) is 1. The number of benzene rings is 2. The van der Waals surface area contributed by atoms with E-state index in [2.05, 4.69) is 10.3 Å². The van der Waals surface area contributed by atoms with E-state index >= 15 is 0 Å². The summed E-state index contributed by atoms with van der Waals surface area (Å²) in [6.07, 6.45) is 1.19. The summed E-state index contributed by atoms with van der Waals surface area (Å²) in [6.45, 7) is 0.496. The van der Waals surface area contributed by atoms with Crippen molar-refractivity contribution in [1.29, 1.82) is 0 Å². The molecule has 1 heterocycles. The van der Waals surface area contributed by atoms with Crippen molar-refractivity contribution in [2.75, 3.05) is 32.9 Å². The number of methoxy groups -OCH3 is 3. The van der Waals surface area contributed by atoms with Crippen molar-refractivity contribution in [2.24, 2.45) is 0 Å². The van der Waals surface area contributed by atoms with Gasteiger partial charge in [-0.1, -0.05) is 11.3 Å². The minimum absolute atomic E-state index is 0.287. The highest BCUT2D eigenvalue weighted by atomic mass is 32.2. The number of ether oxygens (including phenoxy) is 3. The number of rotatable bonds is 7. The van der Waals surface area contributed by atoms with Crippen LogP contribution in [0.3, 0.4) is 0 Å². The zero-order valence-corrected chi connectivity index (χ0v) is 17.0. The van der Waals surface area contributed by atoms with Crippen LogP contribution in [0.2, 0.25) is 0 Å². The van der Waals surface area contributed by atoms with Gasteiger partial charge in [0.15, 0.2) is 26.5 Å². The van der Waals surface area contributed by atoms with Crippen LogP contribution < -0.4 is 19.5 Å². The molecule has 144 valence electrons. The summed E-state index contributed by atoms with van der Waals surface area (Å²) < 4.78 is 40.3. The first kappa shape index (κ1) is 19.2. The van der Waals surface area contributed by atoms with Crippen LogP contribution in [0.15, 0.2) is 35.2 Å². The average Bonchev–Trinajstić information content (AvgIpc) is 3.06. The molecule has 0 aliphatic carbocycles. The molecule has 0 saturated heterocycles. The van der Waals surface area contributed by atoms with Crippen molar-refractivity contribution in [2.45, 2.75) is 11.4 Å². The van der Waals surface area contributed by atoms with Crippen molar-refractivity contribution < 1.29 is 22.6 Å². The van der Waals surface area contributed by atoms with E-state index in [-0.39, 0.29) is 4.90 Å². The number of hydrogen-bond acceptors (Lipinski definition) is 8. The normalized spacial score (nSPS) is 11.4. The molecule has 1 N–H and O–H groups in total. The van der Waals surface area contributed by atoms with Gasteiger partial charge in [0.05, 0.1) is 36.4 Å². The Kier molecular flexibility index (Phi) is 5.43. The second-order valence-electron chi connectivity index (χ2n) is 5.81. The van der Waals surface area contributed by atoms with Gasteiger partial charge in [0, 0.05) is 12.8 Å². The lowest BCUT2D eigenvalue weighted by atomic mass is 10.2. The summed E-state index contributed by atoms with van der Waals surface area (Å²) in [6, 6.07) is 8.66. The molecular weight excluding hydrogens is 388 g/mol. The Morgan fingerprint density at radius 1 is 1.04 bits per heavy atom. The molecule has 2 aromatic carbocycles. The van der Waals surface area contributed by atoms with Crippen molar-refractivity contribution in [1.82, 2.24) is 4.98 Å². The third-order valence-electron chi connectivity index (χ3n) is 3.96. The van der Waals surface area contributed by atoms with Crippen LogP contribution in [-0.2, 0) is 16.4 Å². The third kappa shape index (κ3) is 4.09. The maximum Gasteiger partial charge on any atom is 0.203 e. The minimum Gasteiger partial charge on any atom is -0.493 e. The molecule has 0 saturated carbocycles. The summed E-state index contributed by atoms with van der Waals surface area (Å²) in [5.74, 6) is 1.70. The van der Waals surface area contributed by atoms with Crippen LogP contribution in [-0.4, -0.2) is 41.0 Å². The lowest BCUT2D eigenvalue weighted by molar-refractivity contribution is 0.324. The zero-order chi connectivity index (χ0) is 19.6. The molecule has 0 aliphatic heterocycles. The highest BCUT2D eigenvalue weighted by Gasteiger charge is 2.14. The second-order valence-corrected chi connectivity index (χ2v) is 8.85. The topological polar surface area (TPSA) is 86.8 Å². The van der Waals surface area contributed by atoms with E-state index < -0.39 is 9.84 Å². The molecule has 0 radical (unpaired) electrons. The summed E-state index contributed by atoms with van der Waals surface area (Å²) in [5.41, 5.74) is 1.68. The van der Waals surface area contributed by atoms with Gasteiger partial charge in [-0.15, -0.1) is 0 Å². The van der Waals surface area contributed by atoms with Crippen molar-refractivity contribution >= 4 is 36.5 Å². The van der Waals surface area contributed by atoms with Gasteiger partial charge in [0.1, 0.15) is 0 Å². The van der Waals surface area contributed by atoms with Crippen LogP contribution in [0.1, 0.15) is 5.56 Å². The van der Waals surface area contributed by atoms with E-state index in [1.807, 2.05) is 12.1 Å². The molecule has 1 aromatic heterocycles. The Balaban J connectivity index is 1.84. The molecule has 27 heavy (non-hydrogen) atoms. The average molecular weight is 409 g/mol. The molecule has 0 spiro atoms. The SMILES string of the molecule is COc1cc(CNc2nc3ccc(S(C)(=O)=O)cc3s2)cc(OC)c1OC. The maximum absolute atomic E-state index is 11.7. The number of anilines is 1. The van der Waals surface area contributed by atoms with Crippen LogP contribution in [0.25, 0.3) is 10.2 Å². The second kappa shape index (κ2) is 7.61. The molecule has 9 heteroatoms. The van der Waals surface area contributed by atoms with Crippen molar-refractivity contribution in [3.8, 4) is 17.2 Å². The van der Waals surface area contributed by atoms with E-state index in [4.69, 9.17) is 14.2 Å². The van der Waals surface area contributed by atoms with Crippen LogP contribution >= 0.6 is 11.3 Å². The first-order chi connectivity index (χ1) is 12.9. The predicted octanol–water partition coefficient (Wildman–Crippen LogP) is 3.34. The minimum atomic E-state index is -3.24. The van der Waals surface area contributed by atoms with Gasteiger partial charge in [-0.2, -0.15) is 0 Å². The molecule has 0 bridgehead atoms. The third-order valence-corrected chi connectivity index (χ3v) is 6.04. The summed E-state index contributed by atoms with van der Waals surface area (Å²) in [5, 5.41) is 3.95. The quantitative estimate of drug-likeness (QED) is 0.641. The smallest absolute Gasteiger partial charge is 0.203 e. The molecule has 0 unspecified atom stereocenters. The number of nitrogens with one attached hydrogen (secondary N) is 1. The number of nitrogens with zero attached hydrogens (tertiary/aromatic N) is 1. The Morgan fingerprint density at radius 3 is 2.26 bits per heavy atom. The highest BCUT2D eigenvalue weighted by molar-refractivity contribution is 7.90. The number of thiazole rings is 1. The molecule has 0 aliphatic rings. The summed E-state index contributed by atoms with van der Waals surface area (Å²) >= 11 is 1.40. The number of sulfone groups is 1. The van der Waals surface area contributed by atoms with E-state index in [0.717, 1.165) is 15.8 Å². The Hall–Kier alpha value is -2.52. The van der Waals surface area contributed by atoms with E-state index in [0.29, 0.717) is 28.9 Å². The Morgan fingerprint density at radius 2 is 1.70 bits per heavy atom. The zero-order valence-electron chi connectivity index (χ0n) is 15.4. The highest BCUT2D eigenvalue weighted by Crippen LogP contribution is 2.38. The van der Waals surface area contributed by atoms with Gasteiger partial charge in [-0.05, 0) is 35.9 Å². The monoisotopic (exact) mass is 408 g/mol. The van der Waals surface area contributed by atoms with Gasteiger partial charge in [0.2, 0.25) is 5.75 Å². The lowest BCUT2D eigenvalue weighted by Crippen LogP contribution is -2.02. The van der Waals surface area contributed by atoms with Gasteiger partial charge in [-0.3, -0.25) is 0 Å². The first-order valence-corrected chi connectivity index (χ1v) is 10.7. The van der Waals surface area contributed by atoms with Crippen LogP contribution in [0, 0.1) is 0 Å². The van der Waals surface area contributed by atoms with Gasteiger partial charge < -0.3 is 19.5 Å². The van der Waals surface area contributed by atoms with Crippen LogP contribution in [0.4, 0.5) is 5.13 Å². The maximum atomic E-state index is 11.7. The first-order valence-electron chi connectivity index (χ1n) is 7.99. The Bertz CT molecular complexity index is 1050. The van der Waals surface area contributed by atoms with Gasteiger partial charge >= 0.3 is 0 Å². The molecule has 3 aromatic rings. The Labute approximate surface area is 161 Å². The van der Waals surface area contributed by atoms with E-state index in [9.17, 15) is 8.42 Å². The van der Waals surface area contributed by atoms with Crippen molar-refractivity contribution in [3.05, 3.63) is 35.9 Å². The van der Waals surface area contributed by atoms with Gasteiger partial charge in [-0.25, -0.2) is 13.4 Å². The summed E-state index contributed by atoms with van der Waals surface area (Å²) in [4.78, 5) is 4.78. The molecule has 7 nitrogen and oxygen atoms in total. The lowest BCUT2D eigenvalue weighted by Gasteiger charge is -2.14. The number of aromatic nitrogens is 1. The molecule has 0 atom stereocenters. The molecular formula is C18H20N2O5S2. The molecule has 3 rings (SSSR count). The van der Waals surface area contributed by atoms with Crippen molar-refractivity contribution in [3.63, 3.8) is 0 Å². The fourth-order valence-corrected chi connectivity index (χ4v) is 4.25. The summed E-state index contributed by atoms with van der Waals surface area (Å²) in [7, 11) is 1.46. The standard InChI is InChI=1S/C18H20N2O5S2/c1-23-14-7-11(8-15(24-2)17(14)25-3)10-19-18-20-13-6-5-12(27(4,21)22)9-16(13)26-18/h5-9H,10H2,1-4H3,(H,19,20). The van der Waals surface area contributed by atoms with E-state index in [1.165, 1.54) is 17.6 Å². The van der Waals surface area contributed by atoms with E-state index in [1.54, 1.807) is 39.5 Å².